The van der Waals surface area contributed by atoms with E-state index in [1.807, 2.05) is 18.2 Å². The third-order valence-corrected chi connectivity index (χ3v) is 7.42. The zero-order valence-electron chi connectivity index (χ0n) is 20.1. The van der Waals surface area contributed by atoms with Crippen LogP contribution in [0.1, 0.15) is 63.1 Å². The monoisotopic (exact) mass is 447 g/mol. The topological polar surface area (TPSA) is 32.7 Å². The standard InChI is InChI=1S/C29H34FNO2/c1-6-14-31-15-13-25-24(18-31)28-26(32)16-22(17-27(28)33-29(25,4)5)20(3)19(2)7-8-21-9-11-23(30)12-10-21/h1,9-12,16-17,19-20,32H,7-8,13-15,18H2,2-5H3. The van der Waals surface area contributed by atoms with Crippen molar-refractivity contribution in [3.63, 3.8) is 0 Å². The number of phenols is 1. The highest BCUT2D eigenvalue weighted by Gasteiger charge is 2.39. The minimum atomic E-state index is -0.410. The number of phenolic OH excluding ortho intramolecular Hbond substituents is 1. The lowest BCUT2D eigenvalue weighted by molar-refractivity contribution is 0.131. The first-order chi connectivity index (χ1) is 15.7. The molecule has 1 N–H and O–H groups in total. The van der Waals surface area contributed by atoms with E-state index in [9.17, 15) is 9.50 Å². The summed E-state index contributed by atoms with van der Waals surface area (Å²) in [5.74, 6) is 4.22. The van der Waals surface area contributed by atoms with Gasteiger partial charge in [0.25, 0.3) is 0 Å². The third-order valence-electron chi connectivity index (χ3n) is 7.42. The minimum Gasteiger partial charge on any atom is -0.507 e. The number of aryl methyl sites for hydroxylation is 1. The first-order valence-electron chi connectivity index (χ1n) is 11.9. The van der Waals surface area contributed by atoms with Gasteiger partial charge in [-0.2, -0.15) is 0 Å². The lowest BCUT2D eigenvalue weighted by atomic mass is 9.79. The normalized spacial score (nSPS) is 19.2. The van der Waals surface area contributed by atoms with E-state index in [-0.39, 0.29) is 17.5 Å². The van der Waals surface area contributed by atoms with Gasteiger partial charge in [0.1, 0.15) is 22.9 Å². The highest BCUT2D eigenvalue weighted by atomic mass is 19.1. The number of rotatable bonds is 6. The number of hydrogen-bond donors (Lipinski definition) is 1. The average Bonchev–Trinajstić information content (AvgIpc) is 2.77. The molecule has 0 radical (unpaired) electrons. The molecule has 2 aliphatic heterocycles. The summed E-state index contributed by atoms with van der Waals surface area (Å²) in [5.41, 5.74) is 5.04. The molecule has 0 spiro atoms. The fourth-order valence-corrected chi connectivity index (χ4v) is 5.21. The number of ether oxygens (including phenoxy) is 1. The second kappa shape index (κ2) is 9.23. The second-order valence-corrected chi connectivity index (χ2v) is 10.1. The van der Waals surface area contributed by atoms with Crippen LogP contribution < -0.4 is 4.74 Å². The van der Waals surface area contributed by atoms with Gasteiger partial charge in [-0.15, -0.1) is 6.42 Å². The molecule has 0 amide bonds. The van der Waals surface area contributed by atoms with Gasteiger partial charge in [-0.3, -0.25) is 4.90 Å². The first-order valence-corrected chi connectivity index (χ1v) is 11.9. The summed E-state index contributed by atoms with van der Waals surface area (Å²) in [5, 5.41) is 11.1. The molecule has 4 heteroatoms. The Morgan fingerprint density at radius 3 is 2.64 bits per heavy atom. The lowest BCUT2D eigenvalue weighted by Crippen LogP contribution is -2.42. The number of aromatic hydroxyl groups is 1. The molecule has 2 aliphatic rings. The van der Waals surface area contributed by atoms with Crippen LogP contribution in [0.5, 0.6) is 11.5 Å². The Kier molecular flexibility index (Phi) is 6.54. The minimum absolute atomic E-state index is 0.203. The van der Waals surface area contributed by atoms with Gasteiger partial charge in [0.05, 0.1) is 12.1 Å². The number of halogens is 1. The number of fused-ring (bicyclic) bond motifs is 2. The molecule has 2 unspecified atom stereocenters. The molecule has 2 atom stereocenters. The maximum Gasteiger partial charge on any atom is 0.132 e. The molecule has 2 heterocycles. The number of nitrogens with zero attached hydrogens (tertiary/aromatic N) is 1. The van der Waals surface area contributed by atoms with Crippen molar-refractivity contribution in [3.8, 4) is 23.8 Å². The Balaban J connectivity index is 1.58. The molecule has 2 aromatic rings. The fraction of sp³-hybridized carbons (Fsp3) is 0.448. The number of benzene rings is 2. The molecule has 4 rings (SSSR count). The van der Waals surface area contributed by atoms with Crippen molar-refractivity contribution in [2.24, 2.45) is 5.92 Å². The molecule has 0 aliphatic carbocycles. The Hall–Kier alpha value is -2.77. The highest BCUT2D eigenvalue weighted by molar-refractivity contribution is 5.82. The zero-order chi connectivity index (χ0) is 23.8. The smallest absolute Gasteiger partial charge is 0.132 e. The summed E-state index contributed by atoms with van der Waals surface area (Å²) in [7, 11) is 0. The van der Waals surface area contributed by atoms with Crippen LogP contribution in [0, 0.1) is 24.1 Å². The van der Waals surface area contributed by atoms with Crippen molar-refractivity contribution in [2.75, 3.05) is 19.6 Å². The molecule has 174 valence electrons. The molecule has 0 aromatic heterocycles. The molecular formula is C29H34FNO2. The molecule has 33 heavy (non-hydrogen) atoms. The van der Waals surface area contributed by atoms with Crippen molar-refractivity contribution in [2.45, 2.75) is 58.5 Å². The van der Waals surface area contributed by atoms with Crippen LogP contribution in [0.3, 0.4) is 0 Å². The molecule has 0 saturated heterocycles. The Bertz CT molecular complexity index is 1090. The van der Waals surface area contributed by atoms with Crippen LogP contribution in [-0.4, -0.2) is 35.2 Å². The predicted molar refractivity (Wildman–Crippen MR) is 132 cm³/mol. The van der Waals surface area contributed by atoms with Crippen LogP contribution in [0.15, 0.2) is 42.0 Å². The summed E-state index contributed by atoms with van der Waals surface area (Å²) < 4.78 is 19.6. The van der Waals surface area contributed by atoms with Crippen LogP contribution >= 0.6 is 0 Å². The first kappa shape index (κ1) is 23.4. The van der Waals surface area contributed by atoms with Gasteiger partial charge in [-0.05, 0) is 91.5 Å². The van der Waals surface area contributed by atoms with Gasteiger partial charge in [0, 0.05) is 13.1 Å². The lowest BCUT2D eigenvalue weighted by Gasteiger charge is -2.42. The molecule has 0 bridgehead atoms. The molecular weight excluding hydrogens is 413 g/mol. The van der Waals surface area contributed by atoms with E-state index in [2.05, 4.69) is 44.6 Å². The Morgan fingerprint density at radius 1 is 1.21 bits per heavy atom. The van der Waals surface area contributed by atoms with E-state index in [0.29, 0.717) is 12.5 Å². The van der Waals surface area contributed by atoms with E-state index in [0.717, 1.165) is 60.4 Å². The average molecular weight is 448 g/mol. The van der Waals surface area contributed by atoms with E-state index < -0.39 is 5.60 Å². The van der Waals surface area contributed by atoms with E-state index in [1.165, 1.54) is 17.7 Å². The SMILES string of the molecule is C#CCN1CCC2=C(C1)c1c(O)cc(C(C)C(C)CCc3ccc(F)cc3)cc1OC2(C)C. The maximum atomic E-state index is 13.2. The summed E-state index contributed by atoms with van der Waals surface area (Å²) in [6.07, 6.45) is 8.32. The molecule has 3 nitrogen and oxygen atoms in total. The summed E-state index contributed by atoms with van der Waals surface area (Å²) >= 11 is 0. The van der Waals surface area contributed by atoms with Gasteiger partial charge in [-0.25, -0.2) is 4.39 Å². The van der Waals surface area contributed by atoms with Crippen LogP contribution in [0.2, 0.25) is 0 Å². The fourth-order valence-electron chi connectivity index (χ4n) is 5.21. The highest BCUT2D eigenvalue weighted by Crippen LogP contribution is 2.49. The Labute approximate surface area is 197 Å². The van der Waals surface area contributed by atoms with Crippen molar-refractivity contribution in [1.29, 1.82) is 0 Å². The van der Waals surface area contributed by atoms with Crippen LogP contribution in [-0.2, 0) is 6.42 Å². The summed E-state index contributed by atoms with van der Waals surface area (Å²) in [4.78, 5) is 2.25. The van der Waals surface area contributed by atoms with Crippen molar-refractivity contribution >= 4 is 5.57 Å². The van der Waals surface area contributed by atoms with Gasteiger partial charge in [0.2, 0.25) is 0 Å². The molecule has 2 aromatic carbocycles. The largest absolute Gasteiger partial charge is 0.507 e. The molecule has 0 fully saturated rings. The predicted octanol–water partition coefficient (Wildman–Crippen LogP) is 6.17. The van der Waals surface area contributed by atoms with E-state index >= 15 is 0 Å². The van der Waals surface area contributed by atoms with Crippen molar-refractivity contribution in [3.05, 3.63) is 64.5 Å². The van der Waals surface area contributed by atoms with Crippen molar-refractivity contribution in [1.82, 2.24) is 4.90 Å². The van der Waals surface area contributed by atoms with Crippen LogP contribution in [0.25, 0.3) is 5.57 Å². The van der Waals surface area contributed by atoms with E-state index in [4.69, 9.17) is 11.2 Å². The number of hydrogen-bond acceptors (Lipinski definition) is 3. The van der Waals surface area contributed by atoms with Gasteiger partial charge in [0.15, 0.2) is 0 Å². The van der Waals surface area contributed by atoms with Gasteiger partial charge < -0.3 is 9.84 Å². The van der Waals surface area contributed by atoms with Crippen LogP contribution in [0.4, 0.5) is 4.39 Å². The third kappa shape index (κ3) is 4.80. The second-order valence-electron chi connectivity index (χ2n) is 10.1. The molecule has 0 saturated carbocycles. The summed E-state index contributed by atoms with van der Waals surface area (Å²) in [6, 6.07) is 10.8. The number of terminal acetylenes is 1. The van der Waals surface area contributed by atoms with E-state index in [1.54, 1.807) is 0 Å². The maximum absolute atomic E-state index is 13.2. The Morgan fingerprint density at radius 2 is 1.94 bits per heavy atom. The summed E-state index contributed by atoms with van der Waals surface area (Å²) in [6.45, 7) is 10.9. The van der Waals surface area contributed by atoms with Crippen molar-refractivity contribution < 1.29 is 14.2 Å². The quantitative estimate of drug-likeness (QED) is 0.538. The van der Waals surface area contributed by atoms with Gasteiger partial charge >= 0.3 is 0 Å². The van der Waals surface area contributed by atoms with Gasteiger partial charge in [-0.1, -0.05) is 31.9 Å². The zero-order valence-corrected chi connectivity index (χ0v) is 20.1.